The molecule has 0 fully saturated rings. The van der Waals surface area contributed by atoms with E-state index in [1.165, 1.54) is 10.6 Å². The largest absolute Gasteiger partial charge is 0.366 e. The van der Waals surface area contributed by atoms with Gasteiger partial charge < -0.3 is 15.6 Å². The smallest absolute Gasteiger partial charge is 0.259 e. The summed E-state index contributed by atoms with van der Waals surface area (Å²) in [6, 6.07) is 13.3. The van der Waals surface area contributed by atoms with E-state index in [-0.39, 0.29) is 11.5 Å². The number of nitrogens with two attached hydrogens (primary N) is 1. The Balaban J connectivity index is 1.89. The first-order valence-electron chi connectivity index (χ1n) is 8.19. The van der Waals surface area contributed by atoms with Gasteiger partial charge in [0.2, 0.25) is 11.8 Å². The summed E-state index contributed by atoms with van der Waals surface area (Å²) in [7, 11) is 0. The molecule has 0 aliphatic carbocycles. The lowest BCUT2D eigenvalue weighted by Gasteiger charge is -2.16. The zero-order valence-electron chi connectivity index (χ0n) is 14.5. The molecule has 0 unspecified atom stereocenters. The van der Waals surface area contributed by atoms with E-state index in [2.05, 4.69) is 5.32 Å². The third kappa shape index (κ3) is 3.21. The monoisotopic (exact) mass is 349 g/mol. The summed E-state index contributed by atoms with van der Waals surface area (Å²) in [5, 5.41) is 4.11. The maximum atomic E-state index is 12.6. The van der Waals surface area contributed by atoms with Crippen LogP contribution in [0, 0.1) is 6.92 Å². The van der Waals surface area contributed by atoms with Crippen LogP contribution in [0.25, 0.3) is 10.8 Å². The SMILES string of the molecule is Cc1ccc(NC(=O)[C@H](C)n2ccc3ccccc3c2=O)cc1C(N)=O. The second kappa shape index (κ2) is 6.84. The van der Waals surface area contributed by atoms with Gasteiger partial charge in [-0.1, -0.05) is 24.3 Å². The molecule has 3 N–H and O–H groups in total. The minimum absolute atomic E-state index is 0.229. The van der Waals surface area contributed by atoms with Crippen LogP contribution in [0.2, 0.25) is 0 Å². The molecule has 1 aromatic heterocycles. The summed E-state index contributed by atoms with van der Waals surface area (Å²) in [4.78, 5) is 36.7. The van der Waals surface area contributed by atoms with E-state index in [9.17, 15) is 14.4 Å². The predicted molar refractivity (Wildman–Crippen MR) is 101 cm³/mol. The van der Waals surface area contributed by atoms with Crippen LogP contribution in [0.15, 0.2) is 59.5 Å². The number of benzene rings is 2. The fourth-order valence-corrected chi connectivity index (χ4v) is 2.85. The van der Waals surface area contributed by atoms with Gasteiger partial charge in [-0.3, -0.25) is 14.4 Å². The van der Waals surface area contributed by atoms with Gasteiger partial charge in [-0.15, -0.1) is 0 Å². The molecule has 0 saturated carbocycles. The van der Waals surface area contributed by atoms with Crippen molar-refractivity contribution in [1.29, 1.82) is 0 Å². The molecule has 0 saturated heterocycles. The molecule has 1 atom stereocenters. The third-order valence-corrected chi connectivity index (χ3v) is 4.41. The standard InChI is InChI=1S/C20H19N3O3/c1-12-7-8-15(11-17(12)18(21)24)22-19(25)13(2)23-10-9-14-5-3-4-6-16(14)20(23)26/h3-11,13H,1-2H3,(H2,21,24)(H,22,25)/t13-/m0/s1. The first-order valence-corrected chi connectivity index (χ1v) is 8.19. The fourth-order valence-electron chi connectivity index (χ4n) is 2.85. The Labute approximate surface area is 150 Å². The van der Waals surface area contributed by atoms with Crippen LogP contribution < -0.4 is 16.6 Å². The number of hydrogen-bond acceptors (Lipinski definition) is 3. The van der Waals surface area contributed by atoms with Crippen molar-refractivity contribution in [3.63, 3.8) is 0 Å². The van der Waals surface area contributed by atoms with Crippen molar-refractivity contribution in [2.24, 2.45) is 5.73 Å². The Bertz CT molecular complexity index is 1070. The first-order chi connectivity index (χ1) is 12.4. The number of carbonyl (C=O) groups is 2. The average Bonchev–Trinajstić information content (AvgIpc) is 2.63. The molecule has 3 aromatic rings. The third-order valence-electron chi connectivity index (χ3n) is 4.41. The number of aromatic nitrogens is 1. The summed E-state index contributed by atoms with van der Waals surface area (Å²) in [6.07, 6.45) is 1.61. The van der Waals surface area contributed by atoms with Crippen molar-refractivity contribution >= 4 is 28.3 Å². The van der Waals surface area contributed by atoms with E-state index in [0.717, 1.165) is 10.9 Å². The van der Waals surface area contributed by atoms with Gasteiger partial charge in [0.1, 0.15) is 6.04 Å². The maximum Gasteiger partial charge on any atom is 0.259 e. The van der Waals surface area contributed by atoms with Crippen LogP contribution in [-0.4, -0.2) is 16.4 Å². The molecule has 132 valence electrons. The Morgan fingerprint density at radius 1 is 1.12 bits per heavy atom. The predicted octanol–water partition coefficient (Wildman–Crippen LogP) is 2.61. The van der Waals surface area contributed by atoms with E-state index in [0.29, 0.717) is 16.6 Å². The highest BCUT2D eigenvalue weighted by molar-refractivity contribution is 5.98. The summed E-state index contributed by atoms with van der Waals surface area (Å²) in [5.74, 6) is -0.918. The van der Waals surface area contributed by atoms with Gasteiger partial charge in [0, 0.05) is 22.8 Å². The van der Waals surface area contributed by atoms with Crippen LogP contribution in [0.4, 0.5) is 5.69 Å². The Kier molecular flexibility index (Phi) is 4.58. The molecule has 3 rings (SSSR count). The molecule has 6 heteroatoms. The zero-order valence-corrected chi connectivity index (χ0v) is 14.5. The zero-order chi connectivity index (χ0) is 18.8. The molecule has 2 aromatic carbocycles. The summed E-state index contributed by atoms with van der Waals surface area (Å²) in [5.41, 5.74) is 6.64. The topological polar surface area (TPSA) is 94.2 Å². The number of pyridine rings is 1. The molecular formula is C20H19N3O3. The second-order valence-corrected chi connectivity index (χ2v) is 6.17. The number of rotatable bonds is 4. The van der Waals surface area contributed by atoms with Crippen LogP contribution >= 0.6 is 0 Å². The molecular weight excluding hydrogens is 330 g/mol. The number of amides is 2. The van der Waals surface area contributed by atoms with Crippen molar-refractivity contribution in [2.75, 3.05) is 5.32 Å². The molecule has 26 heavy (non-hydrogen) atoms. The van der Waals surface area contributed by atoms with Gasteiger partial charge in [-0.05, 0) is 49.1 Å². The average molecular weight is 349 g/mol. The van der Waals surface area contributed by atoms with Gasteiger partial charge >= 0.3 is 0 Å². The summed E-state index contributed by atoms with van der Waals surface area (Å²) in [6.45, 7) is 3.41. The van der Waals surface area contributed by atoms with Crippen LogP contribution in [-0.2, 0) is 4.79 Å². The normalized spacial score (nSPS) is 11.9. The van der Waals surface area contributed by atoms with Gasteiger partial charge in [0.25, 0.3) is 5.56 Å². The molecule has 0 aliphatic heterocycles. The number of fused-ring (bicyclic) bond motifs is 1. The highest BCUT2D eigenvalue weighted by Crippen LogP contribution is 2.17. The lowest BCUT2D eigenvalue weighted by molar-refractivity contribution is -0.118. The minimum atomic E-state index is -0.717. The highest BCUT2D eigenvalue weighted by Gasteiger charge is 2.18. The van der Waals surface area contributed by atoms with Crippen LogP contribution in [0.3, 0.4) is 0 Å². The molecule has 2 amide bonds. The molecule has 6 nitrogen and oxygen atoms in total. The van der Waals surface area contributed by atoms with E-state index >= 15 is 0 Å². The Hall–Kier alpha value is -3.41. The van der Waals surface area contributed by atoms with Crippen molar-refractivity contribution in [3.05, 3.63) is 76.2 Å². The number of nitrogens with zero attached hydrogens (tertiary/aromatic N) is 1. The summed E-state index contributed by atoms with van der Waals surface area (Å²) < 4.78 is 1.39. The first kappa shape index (κ1) is 17.4. The second-order valence-electron chi connectivity index (χ2n) is 6.17. The van der Waals surface area contributed by atoms with Crippen LogP contribution in [0.5, 0.6) is 0 Å². The van der Waals surface area contributed by atoms with Gasteiger partial charge in [0.05, 0.1) is 0 Å². The molecule has 0 bridgehead atoms. The molecule has 0 spiro atoms. The number of anilines is 1. The number of aryl methyl sites for hydroxylation is 1. The van der Waals surface area contributed by atoms with Gasteiger partial charge in [0.15, 0.2) is 0 Å². The van der Waals surface area contributed by atoms with Crippen molar-refractivity contribution < 1.29 is 9.59 Å². The van der Waals surface area contributed by atoms with E-state index in [1.54, 1.807) is 50.4 Å². The van der Waals surface area contributed by atoms with Crippen LogP contribution in [0.1, 0.15) is 28.9 Å². The number of hydrogen-bond donors (Lipinski definition) is 2. The van der Waals surface area contributed by atoms with Gasteiger partial charge in [-0.2, -0.15) is 0 Å². The quantitative estimate of drug-likeness (QED) is 0.758. The number of carbonyl (C=O) groups excluding carboxylic acids is 2. The van der Waals surface area contributed by atoms with E-state index < -0.39 is 11.9 Å². The number of primary amides is 1. The minimum Gasteiger partial charge on any atom is -0.366 e. The van der Waals surface area contributed by atoms with E-state index in [4.69, 9.17) is 5.73 Å². The Morgan fingerprint density at radius 3 is 2.58 bits per heavy atom. The lowest BCUT2D eigenvalue weighted by Crippen LogP contribution is -2.31. The Morgan fingerprint density at radius 2 is 1.85 bits per heavy atom. The van der Waals surface area contributed by atoms with Gasteiger partial charge in [-0.25, -0.2) is 0 Å². The lowest BCUT2D eigenvalue weighted by atomic mass is 10.1. The van der Waals surface area contributed by atoms with Crippen molar-refractivity contribution in [1.82, 2.24) is 4.57 Å². The number of nitrogens with one attached hydrogen (secondary N) is 1. The fraction of sp³-hybridized carbons (Fsp3) is 0.150. The van der Waals surface area contributed by atoms with E-state index in [1.807, 2.05) is 12.1 Å². The molecule has 1 heterocycles. The maximum absolute atomic E-state index is 12.6. The highest BCUT2D eigenvalue weighted by atomic mass is 16.2. The summed E-state index contributed by atoms with van der Waals surface area (Å²) >= 11 is 0. The van der Waals surface area contributed by atoms with Crippen molar-refractivity contribution in [3.8, 4) is 0 Å². The molecule has 0 aliphatic rings. The van der Waals surface area contributed by atoms with Crippen molar-refractivity contribution in [2.45, 2.75) is 19.9 Å². The molecule has 0 radical (unpaired) electrons.